The average Bonchev–Trinajstić information content (AvgIpc) is 3.07. The molecule has 2 aromatic rings. The normalized spacial score (nSPS) is 11.8. The third-order valence-electron chi connectivity index (χ3n) is 3.61. The van der Waals surface area contributed by atoms with Crippen LogP contribution in [0, 0.1) is 0 Å². The summed E-state index contributed by atoms with van der Waals surface area (Å²) in [6.07, 6.45) is 0. The monoisotopic (exact) mass is 346 g/mol. The smallest absolute Gasteiger partial charge is 0.191 e. The summed E-state index contributed by atoms with van der Waals surface area (Å²) in [4.78, 5) is 9.24. The van der Waals surface area contributed by atoms with Gasteiger partial charge < -0.3 is 15.7 Å². The fourth-order valence-corrected chi connectivity index (χ4v) is 3.10. The van der Waals surface area contributed by atoms with Crippen LogP contribution in [0.15, 0.2) is 34.6 Å². The van der Waals surface area contributed by atoms with Crippen LogP contribution in [-0.2, 0) is 19.7 Å². The molecule has 1 aromatic carbocycles. The van der Waals surface area contributed by atoms with Gasteiger partial charge in [-0.1, -0.05) is 38.1 Å². The number of hydrogen-bond donors (Lipinski definition) is 3. The van der Waals surface area contributed by atoms with Crippen molar-refractivity contribution in [3.05, 3.63) is 51.5 Å². The van der Waals surface area contributed by atoms with E-state index in [0.717, 1.165) is 34.3 Å². The van der Waals surface area contributed by atoms with Gasteiger partial charge in [-0.05, 0) is 24.0 Å². The lowest BCUT2D eigenvalue weighted by Gasteiger charge is -2.11. The van der Waals surface area contributed by atoms with Crippen LogP contribution in [0.4, 0.5) is 0 Å². The molecular weight excluding hydrogens is 320 g/mol. The predicted molar refractivity (Wildman–Crippen MR) is 100 cm³/mol. The van der Waals surface area contributed by atoms with Crippen LogP contribution in [0.1, 0.15) is 48.5 Å². The number of hydrogen-bond acceptors (Lipinski definition) is 4. The van der Waals surface area contributed by atoms with Gasteiger partial charge in [-0.3, -0.25) is 0 Å². The number of aliphatic hydroxyl groups excluding tert-OH is 1. The molecule has 1 heterocycles. The molecule has 2 rings (SSSR count). The summed E-state index contributed by atoms with van der Waals surface area (Å²) >= 11 is 1.67. The molecule has 0 amide bonds. The Hall–Kier alpha value is -1.92. The van der Waals surface area contributed by atoms with E-state index in [4.69, 9.17) is 0 Å². The second-order valence-electron chi connectivity index (χ2n) is 5.80. The standard InChI is InChI=1S/C18H26N4OS/c1-4-19-18(20-9-14-7-5-6-8-15(14)11-23)21-10-17-22-16(12-24-17)13(2)3/h5-8,12-13,23H,4,9-11H2,1-3H3,(H2,19,20,21). The highest BCUT2D eigenvalue weighted by Crippen LogP contribution is 2.17. The summed E-state index contributed by atoms with van der Waals surface area (Å²) < 4.78 is 0. The van der Waals surface area contributed by atoms with E-state index in [1.54, 1.807) is 11.3 Å². The Morgan fingerprint density at radius 3 is 2.62 bits per heavy atom. The molecule has 0 atom stereocenters. The highest BCUT2D eigenvalue weighted by molar-refractivity contribution is 7.09. The van der Waals surface area contributed by atoms with Crippen molar-refractivity contribution in [1.29, 1.82) is 0 Å². The van der Waals surface area contributed by atoms with Gasteiger partial charge in [0.25, 0.3) is 0 Å². The third-order valence-corrected chi connectivity index (χ3v) is 4.48. The molecule has 0 spiro atoms. The SMILES string of the molecule is CCNC(=NCc1ccccc1CO)NCc1nc(C(C)C)cs1. The molecule has 130 valence electrons. The lowest BCUT2D eigenvalue weighted by Crippen LogP contribution is -2.36. The second-order valence-corrected chi connectivity index (χ2v) is 6.74. The molecular formula is C18H26N4OS. The molecule has 0 aliphatic rings. The highest BCUT2D eigenvalue weighted by Gasteiger charge is 2.07. The Labute approximate surface area is 147 Å². The molecule has 0 saturated heterocycles. The summed E-state index contributed by atoms with van der Waals surface area (Å²) in [5.74, 6) is 1.21. The number of guanidine groups is 1. The topological polar surface area (TPSA) is 69.5 Å². The molecule has 0 aliphatic heterocycles. The zero-order valence-electron chi connectivity index (χ0n) is 14.5. The Kier molecular flexibility index (Phi) is 7.21. The molecule has 6 heteroatoms. The van der Waals surface area contributed by atoms with Crippen LogP contribution in [0.2, 0.25) is 0 Å². The fraction of sp³-hybridized carbons (Fsp3) is 0.444. The number of thiazole rings is 1. The van der Waals surface area contributed by atoms with Gasteiger partial charge in [0.15, 0.2) is 5.96 Å². The molecule has 0 bridgehead atoms. The maximum absolute atomic E-state index is 9.40. The van der Waals surface area contributed by atoms with Crippen LogP contribution in [0.5, 0.6) is 0 Å². The van der Waals surface area contributed by atoms with Gasteiger partial charge in [-0.2, -0.15) is 0 Å². The molecule has 0 fully saturated rings. The van der Waals surface area contributed by atoms with E-state index in [0.29, 0.717) is 19.0 Å². The van der Waals surface area contributed by atoms with Gasteiger partial charge in [0.1, 0.15) is 5.01 Å². The lowest BCUT2D eigenvalue weighted by atomic mass is 10.1. The minimum Gasteiger partial charge on any atom is -0.392 e. The van der Waals surface area contributed by atoms with Crippen molar-refractivity contribution < 1.29 is 5.11 Å². The molecule has 0 radical (unpaired) electrons. The van der Waals surface area contributed by atoms with E-state index in [1.165, 1.54) is 0 Å². The summed E-state index contributed by atoms with van der Waals surface area (Å²) in [5, 5.41) is 19.1. The minimum atomic E-state index is 0.0345. The Morgan fingerprint density at radius 2 is 2.00 bits per heavy atom. The average molecular weight is 347 g/mol. The zero-order chi connectivity index (χ0) is 17.4. The maximum Gasteiger partial charge on any atom is 0.191 e. The van der Waals surface area contributed by atoms with Crippen molar-refractivity contribution in [1.82, 2.24) is 15.6 Å². The highest BCUT2D eigenvalue weighted by atomic mass is 32.1. The van der Waals surface area contributed by atoms with Gasteiger partial charge in [0.2, 0.25) is 0 Å². The summed E-state index contributed by atoms with van der Waals surface area (Å²) in [7, 11) is 0. The van der Waals surface area contributed by atoms with Gasteiger partial charge in [0, 0.05) is 11.9 Å². The predicted octanol–water partition coefficient (Wildman–Crippen LogP) is 3.01. The van der Waals surface area contributed by atoms with E-state index in [1.807, 2.05) is 31.2 Å². The molecule has 3 N–H and O–H groups in total. The van der Waals surface area contributed by atoms with Crippen LogP contribution in [-0.4, -0.2) is 22.6 Å². The van der Waals surface area contributed by atoms with Crippen molar-refractivity contribution in [2.75, 3.05) is 6.54 Å². The minimum absolute atomic E-state index is 0.0345. The summed E-state index contributed by atoms with van der Waals surface area (Å²) in [6, 6.07) is 7.81. The zero-order valence-corrected chi connectivity index (χ0v) is 15.4. The van der Waals surface area contributed by atoms with E-state index in [2.05, 4.69) is 39.8 Å². The van der Waals surface area contributed by atoms with Gasteiger partial charge in [-0.15, -0.1) is 11.3 Å². The number of nitrogens with one attached hydrogen (secondary N) is 2. The third kappa shape index (κ3) is 5.32. The van der Waals surface area contributed by atoms with E-state index < -0.39 is 0 Å². The van der Waals surface area contributed by atoms with Crippen LogP contribution in [0.3, 0.4) is 0 Å². The first kappa shape index (κ1) is 18.4. The molecule has 0 aliphatic carbocycles. The van der Waals surface area contributed by atoms with Crippen molar-refractivity contribution in [3.63, 3.8) is 0 Å². The quantitative estimate of drug-likeness (QED) is 0.532. The van der Waals surface area contributed by atoms with Crippen molar-refractivity contribution in [2.24, 2.45) is 4.99 Å². The van der Waals surface area contributed by atoms with Crippen molar-refractivity contribution in [2.45, 2.75) is 46.4 Å². The first-order valence-electron chi connectivity index (χ1n) is 8.28. The molecule has 1 aromatic heterocycles. The number of benzene rings is 1. The van der Waals surface area contributed by atoms with Crippen molar-refractivity contribution >= 4 is 17.3 Å². The molecule has 0 saturated carbocycles. The first-order chi connectivity index (χ1) is 11.6. The lowest BCUT2D eigenvalue weighted by molar-refractivity contribution is 0.280. The molecule has 0 unspecified atom stereocenters. The fourth-order valence-electron chi connectivity index (χ4n) is 2.20. The number of aliphatic imine (C=N–C) groups is 1. The van der Waals surface area contributed by atoms with Crippen LogP contribution < -0.4 is 10.6 Å². The summed E-state index contributed by atoms with van der Waals surface area (Å²) in [6.45, 7) is 8.35. The number of aromatic nitrogens is 1. The Morgan fingerprint density at radius 1 is 1.25 bits per heavy atom. The van der Waals surface area contributed by atoms with E-state index in [-0.39, 0.29) is 6.61 Å². The van der Waals surface area contributed by atoms with Crippen LogP contribution >= 0.6 is 11.3 Å². The second kappa shape index (κ2) is 9.39. The first-order valence-corrected chi connectivity index (χ1v) is 9.16. The maximum atomic E-state index is 9.40. The molecule has 5 nitrogen and oxygen atoms in total. The number of nitrogens with zero attached hydrogens (tertiary/aromatic N) is 2. The van der Waals surface area contributed by atoms with Gasteiger partial charge >= 0.3 is 0 Å². The summed E-state index contributed by atoms with van der Waals surface area (Å²) in [5.41, 5.74) is 3.09. The van der Waals surface area contributed by atoms with E-state index >= 15 is 0 Å². The van der Waals surface area contributed by atoms with Gasteiger partial charge in [0.05, 0.1) is 25.4 Å². The number of rotatable bonds is 7. The van der Waals surface area contributed by atoms with E-state index in [9.17, 15) is 5.11 Å². The van der Waals surface area contributed by atoms with Gasteiger partial charge in [-0.25, -0.2) is 9.98 Å². The number of aliphatic hydroxyl groups is 1. The van der Waals surface area contributed by atoms with Crippen LogP contribution in [0.25, 0.3) is 0 Å². The Balaban J connectivity index is 1.99. The van der Waals surface area contributed by atoms with Crippen molar-refractivity contribution in [3.8, 4) is 0 Å². The Bertz CT molecular complexity index is 667. The molecule has 24 heavy (non-hydrogen) atoms. The largest absolute Gasteiger partial charge is 0.392 e.